The van der Waals surface area contributed by atoms with Crippen LogP contribution in [0.1, 0.15) is 67.7 Å². The fraction of sp³-hybridized carbons (Fsp3) is 0.941. The third-order valence-corrected chi connectivity index (χ3v) is 3.97. The maximum Gasteiger partial charge on any atom is 0.105 e. The molecule has 1 atom stereocenters. The van der Waals surface area contributed by atoms with E-state index in [0.29, 0.717) is 0 Å². The van der Waals surface area contributed by atoms with Crippen molar-refractivity contribution in [2.75, 3.05) is 26.2 Å². The van der Waals surface area contributed by atoms with E-state index in [1.54, 1.807) is 0 Å². The molecule has 0 rings (SSSR count). The number of likely N-dealkylation sites (N-methyl/N-ethyl adjacent to an activating group) is 1. The standard InChI is InChI=1S/C9H22NO.C8H16O2/c1-5-10(6-2,7-3)8-9(4)11;1-8(2,3)6-4-5-7(9)10/h9,11H,5-8H2,1-4H3;4-6H2,1-3H3,(H,9,10)/q+1;/p-1. The molecule has 0 saturated carbocycles. The number of carbonyl (C=O) groups excluding carboxylic acids is 1. The third-order valence-electron chi connectivity index (χ3n) is 3.97. The summed E-state index contributed by atoms with van der Waals surface area (Å²) in [4.78, 5) is 9.97. The van der Waals surface area contributed by atoms with Crippen LogP contribution in [0.5, 0.6) is 0 Å². The number of carboxylic acids is 1. The van der Waals surface area contributed by atoms with E-state index in [4.69, 9.17) is 0 Å². The van der Waals surface area contributed by atoms with Crippen LogP contribution in [0.25, 0.3) is 0 Å². The topological polar surface area (TPSA) is 60.4 Å². The van der Waals surface area contributed by atoms with E-state index in [1.165, 1.54) is 0 Å². The number of rotatable bonds is 8. The SMILES string of the molecule is CC(C)(C)CCCC(=O)[O-].CC[N+](CC)(CC)CC(C)O. The zero-order chi connectivity index (χ0) is 17.1. The molecule has 21 heavy (non-hydrogen) atoms. The highest BCUT2D eigenvalue weighted by atomic mass is 16.4. The van der Waals surface area contributed by atoms with Gasteiger partial charge in [0.05, 0.1) is 19.6 Å². The van der Waals surface area contributed by atoms with Gasteiger partial charge in [0.25, 0.3) is 0 Å². The first-order valence-corrected chi connectivity index (χ1v) is 8.25. The van der Waals surface area contributed by atoms with Crippen molar-refractivity contribution in [1.82, 2.24) is 0 Å². The number of carboxylic acid groups (broad SMARTS) is 1. The van der Waals surface area contributed by atoms with Crippen molar-refractivity contribution in [3.63, 3.8) is 0 Å². The second-order valence-corrected chi connectivity index (χ2v) is 7.11. The van der Waals surface area contributed by atoms with Gasteiger partial charge in [-0.25, -0.2) is 0 Å². The maximum atomic E-state index is 9.97. The predicted molar refractivity (Wildman–Crippen MR) is 86.7 cm³/mol. The van der Waals surface area contributed by atoms with Gasteiger partial charge in [-0.05, 0) is 52.4 Å². The summed E-state index contributed by atoms with van der Waals surface area (Å²) in [5.41, 5.74) is 0.245. The summed E-state index contributed by atoms with van der Waals surface area (Å²) in [5.74, 6) is -0.941. The summed E-state index contributed by atoms with van der Waals surface area (Å²) >= 11 is 0. The van der Waals surface area contributed by atoms with Crippen LogP contribution in [0.15, 0.2) is 0 Å². The van der Waals surface area contributed by atoms with Crippen molar-refractivity contribution in [1.29, 1.82) is 0 Å². The van der Waals surface area contributed by atoms with E-state index in [9.17, 15) is 15.0 Å². The van der Waals surface area contributed by atoms with Crippen LogP contribution in [0.4, 0.5) is 0 Å². The largest absolute Gasteiger partial charge is 0.550 e. The van der Waals surface area contributed by atoms with Gasteiger partial charge in [0, 0.05) is 5.97 Å². The monoisotopic (exact) mass is 303 g/mol. The van der Waals surface area contributed by atoms with Gasteiger partial charge in [-0.3, -0.25) is 0 Å². The fourth-order valence-electron chi connectivity index (χ4n) is 2.38. The lowest BCUT2D eigenvalue weighted by Gasteiger charge is -2.36. The van der Waals surface area contributed by atoms with Crippen molar-refractivity contribution >= 4 is 5.97 Å². The second kappa shape index (κ2) is 11.0. The molecule has 0 radical (unpaired) electrons. The number of aliphatic hydroxyl groups excluding tert-OH is 1. The lowest BCUT2D eigenvalue weighted by Crippen LogP contribution is -2.51. The third kappa shape index (κ3) is 14.1. The van der Waals surface area contributed by atoms with Gasteiger partial charge < -0.3 is 19.5 Å². The van der Waals surface area contributed by atoms with Crippen LogP contribution < -0.4 is 5.11 Å². The van der Waals surface area contributed by atoms with Crippen molar-refractivity contribution in [2.24, 2.45) is 5.41 Å². The summed E-state index contributed by atoms with van der Waals surface area (Å²) in [5, 5.41) is 19.2. The summed E-state index contributed by atoms with van der Waals surface area (Å²) in [6.45, 7) is 19.0. The smallest absolute Gasteiger partial charge is 0.105 e. The highest BCUT2D eigenvalue weighted by Gasteiger charge is 2.22. The number of nitrogens with zero attached hydrogens (tertiary/aromatic N) is 1. The minimum Gasteiger partial charge on any atom is -0.550 e. The first-order chi connectivity index (χ1) is 9.51. The van der Waals surface area contributed by atoms with Crippen molar-refractivity contribution in [3.8, 4) is 0 Å². The quantitative estimate of drug-likeness (QED) is 0.699. The number of hydrogen-bond donors (Lipinski definition) is 1. The average Bonchev–Trinajstić information content (AvgIpc) is 2.34. The van der Waals surface area contributed by atoms with Crippen LogP contribution in [0, 0.1) is 5.41 Å². The maximum absolute atomic E-state index is 9.97. The molecule has 128 valence electrons. The highest BCUT2D eigenvalue weighted by molar-refractivity contribution is 5.64. The Bertz CT molecular complexity index is 257. The molecule has 0 heterocycles. The molecule has 0 aliphatic carbocycles. The first-order valence-electron chi connectivity index (χ1n) is 8.25. The zero-order valence-electron chi connectivity index (χ0n) is 15.2. The van der Waals surface area contributed by atoms with E-state index < -0.39 is 5.97 Å². The second-order valence-electron chi connectivity index (χ2n) is 7.11. The van der Waals surface area contributed by atoms with Crippen LogP contribution in [-0.2, 0) is 4.79 Å². The molecule has 0 bridgehead atoms. The minimum absolute atomic E-state index is 0.171. The zero-order valence-corrected chi connectivity index (χ0v) is 15.2. The highest BCUT2D eigenvalue weighted by Crippen LogP contribution is 2.20. The fourth-order valence-corrected chi connectivity index (χ4v) is 2.38. The van der Waals surface area contributed by atoms with Gasteiger partial charge in [0.2, 0.25) is 0 Å². The average molecular weight is 303 g/mol. The number of quaternary nitrogens is 1. The molecule has 1 N–H and O–H groups in total. The summed E-state index contributed by atoms with van der Waals surface area (Å²) in [7, 11) is 0. The van der Waals surface area contributed by atoms with Crippen molar-refractivity contribution < 1.29 is 19.5 Å². The number of aliphatic hydroxyl groups is 1. The van der Waals surface area contributed by atoms with Crippen molar-refractivity contribution in [2.45, 2.75) is 73.8 Å². The Hall–Kier alpha value is -0.610. The van der Waals surface area contributed by atoms with Crippen LogP contribution in [-0.4, -0.2) is 47.8 Å². The molecule has 1 unspecified atom stereocenters. The molecule has 4 heteroatoms. The van der Waals surface area contributed by atoms with E-state index in [1.807, 2.05) is 6.92 Å². The molecule has 0 amide bonds. The Morgan fingerprint density at radius 2 is 1.57 bits per heavy atom. The summed E-state index contributed by atoms with van der Waals surface area (Å²) < 4.78 is 1.04. The van der Waals surface area contributed by atoms with Crippen LogP contribution in [0.3, 0.4) is 0 Å². The van der Waals surface area contributed by atoms with Gasteiger partial charge in [0.15, 0.2) is 0 Å². The van der Waals surface area contributed by atoms with Gasteiger partial charge in [-0.1, -0.05) is 20.8 Å². The predicted octanol–water partition coefficient (Wildman–Crippen LogP) is 2.20. The summed E-state index contributed by atoms with van der Waals surface area (Å²) in [6, 6.07) is 0. The molecule has 0 aliphatic heterocycles. The Labute approximate surface area is 131 Å². The molecule has 0 aromatic rings. The minimum atomic E-state index is -0.941. The molecule has 4 nitrogen and oxygen atoms in total. The van der Waals surface area contributed by atoms with Crippen LogP contribution >= 0.6 is 0 Å². The Morgan fingerprint density at radius 3 is 1.76 bits per heavy atom. The molecule has 0 aromatic heterocycles. The van der Waals surface area contributed by atoms with Gasteiger partial charge in [-0.2, -0.15) is 0 Å². The molecule has 0 spiro atoms. The molecular weight excluding hydrogens is 266 g/mol. The lowest BCUT2D eigenvalue weighted by atomic mass is 9.90. The normalized spacial score (nSPS) is 13.3. The molecule has 0 aromatic carbocycles. The molecule has 0 aliphatic rings. The Balaban J connectivity index is 0. The van der Waals surface area contributed by atoms with Gasteiger partial charge in [0.1, 0.15) is 12.6 Å². The van der Waals surface area contributed by atoms with E-state index in [-0.39, 0.29) is 17.9 Å². The van der Waals surface area contributed by atoms with Crippen molar-refractivity contribution in [3.05, 3.63) is 0 Å². The molecule has 0 saturated heterocycles. The van der Waals surface area contributed by atoms with Gasteiger partial charge in [-0.15, -0.1) is 0 Å². The molecule has 0 fully saturated rings. The van der Waals surface area contributed by atoms with Gasteiger partial charge >= 0.3 is 0 Å². The van der Waals surface area contributed by atoms with Crippen LogP contribution in [0.2, 0.25) is 0 Å². The summed E-state index contributed by atoms with van der Waals surface area (Å²) in [6.07, 6.45) is 1.69. The lowest BCUT2D eigenvalue weighted by molar-refractivity contribution is -0.925. The van der Waals surface area contributed by atoms with E-state index in [0.717, 1.165) is 43.5 Å². The number of carbonyl (C=O) groups is 1. The molecular formula is C17H37NO3. The van der Waals surface area contributed by atoms with E-state index in [2.05, 4.69) is 41.5 Å². The number of aliphatic carboxylic acids is 1. The number of hydrogen-bond acceptors (Lipinski definition) is 3. The Kier molecular flexibility index (Phi) is 11.9. The Morgan fingerprint density at radius 1 is 1.14 bits per heavy atom. The van der Waals surface area contributed by atoms with E-state index >= 15 is 0 Å². The first kappa shape index (κ1) is 22.7.